The molecule has 0 fully saturated rings. The zero-order chi connectivity index (χ0) is 40.8. The Morgan fingerprint density at radius 3 is 1.84 bits per heavy atom. The van der Waals surface area contributed by atoms with Gasteiger partial charge in [0.15, 0.2) is 5.75 Å². The van der Waals surface area contributed by atoms with E-state index in [1.807, 2.05) is 11.3 Å². The van der Waals surface area contributed by atoms with Crippen molar-refractivity contribution in [1.29, 1.82) is 0 Å². The van der Waals surface area contributed by atoms with Crippen molar-refractivity contribution in [2.75, 3.05) is 4.90 Å². The van der Waals surface area contributed by atoms with Crippen LogP contribution in [0.1, 0.15) is 22.3 Å². The molecule has 1 aromatic heterocycles. The van der Waals surface area contributed by atoms with Crippen molar-refractivity contribution in [1.82, 2.24) is 0 Å². The number of benzene rings is 10. The van der Waals surface area contributed by atoms with Gasteiger partial charge in [-0.1, -0.05) is 182 Å². The molecule has 3 heteroatoms. The Kier molecular flexibility index (Phi) is 7.72. The number of para-hydroxylation sites is 2. The summed E-state index contributed by atoms with van der Waals surface area (Å²) in [5.74, 6) is 1.73. The third-order valence-corrected chi connectivity index (χ3v) is 14.3. The lowest BCUT2D eigenvalue weighted by Gasteiger charge is -2.41. The summed E-state index contributed by atoms with van der Waals surface area (Å²) in [5.41, 5.74) is 14.7. The molecule has 10 aromatic carbocycles. The minimum atomic E-state index is -0.583. The molecular formula is C59H37NOS. The van der Waals surface area contributed by atoms with Gasteiger partial charge in [0.2, 0.25) is 0 Å². The van der Waals surface area contributed by atoms with Crippen LogP contribution < -0.4 is 9.64 Å². The highest BCUT2D eigenvalue weighted by atomic mass is 32.1. The molecule has 0 N–H and O–H groups in total. The molecule has 0 saturated heterocycles. The van der Waals surface area contributed by atoms with Crippen molar-refractivity contribution in [2.45, 2.75) is 5.41 Å². The average molecular weight is 808 g/mol. The van der Waals surface area contributed by atoms with Crippen LogP contribution in [0.3, 0.4) is 0 Å². The fraction of sp³-hybridized carbons (Fsp3) is 0.0169. The van der Waals surface area contributed by atoms with Crippen LogP contribution in [-0.2, 0) is 5.41 Å². The average Bonchev–Trinajstić information content (AvgIpc) is 3.87. The summed E-state index contributed by atoms with van der Waals surface area (Å²) in [4.78, 5) is 2.45. The molecule has 1 aliphatic carbocycles. The molecule has 0 bridgehead atoms. The Morgan fingerprint density at radius 2 is 1.03 bits per heavy atom. The van der Waals surface area contributed by atoms with Gasteiger partial charge in [-0.3, -0.25) is 0 Å². The number of fused-ring (bicyclic) bond motifs is 13. The van der Waals surface area contributed by atoms with E-state index in [-0.39, 0.29) is 0 Å². The Bertz CT molecular complexity index is 3520. The molecule has 2 aliphatic rings. The highest BCUT2D eigenvalue weighted by Gasteiger charge is 2.51. The fourth-order valence-corrected chi connectivity index (χ4v) is 11.7. The monoisotopic (exact) mass is 807 g/mol. The number of hydrogen-bond acceptors (Lipinski definition) is 3. The van der Waals surface area contributed by atoms with Crippen molar-refractivity contribution >= 4 is 59.3 Å². The van der Waals surface area contributed by atoms with E-state index in [0.29, 0.717) is 0 Å². The third-order valence-electron chi connectivity index (χ3n) is 13.1. The molecule has 62 heavy (non-hydrogen) atoms. The standard InChI is InChI=1S/C59H37NOS/c1-2-15-38(16-3-1)40-31-33-43(34-32-40)60(52-36-35-44(42-30-29-39-17-4-5-18-41(39)37-42)58-56(52)47-21-8-13-28-55(47)62-58)53-26-14-25-51-57(53)61-54-27-12-11-24-50(54)59(51)48-22-9-6-19-45(48)46-20-7-10-23-49(46)59/h1-37H. The van der Waals surface area contributed by atoms with Crippen LogP contribution in [0.5, 0.6) is 11.5 Å². The molecule has 2 heterocycles. The van der Waals surface area contributed by atoms with Gasteiger partial charge in [-0.2, -0.15) is 0 Å². The molecule has 1 spiro atoms. The highest BCUT2D eigenvalue weighted by Crippen LogP contribution is 2.64. The number of rotatable bonds is 5. The van der Waals surface area contributed by atoms with E-state index in [2.05, 4.69) is 229 Å². The first-order valence-corrected chi connectivity index (χ1v) is 22.1. The first-order valence-electron chi connectivity index (χ1n) is 21.2. The van der Waals surface area contributed by atoms with Crippen LogP contribution in [0.25, 0.3) is 64.3 Å². The number of nitrogens with zero attached hydrogens (tertiary/aromatic N) is 1. The van der Waals surface area contributed by atoms with Gasteiger partial charge in [0.25, 0.3) is 0 Å². The summed E-state index contributed by atoms with van der Waals surface area (Å²) in [6.07, 6.45) is 0. The number of thiophene rings is 1. The smallest absolute Gasteiger partial charge is 0.156 e. The van der Waals surface area contributed by atoms with E-state index in [9.17, 15) is 0 Å². The van der Waals surface area contributed by atoms with E-state index in [0.717, 1.165) is 39.7 Å². The lowest BCUT2D eigenvalue weighted by atomic mass is 9.66. The van der Waals surface area contributed by atoms with Crippen LogP contribution in [0, 0.1) is 0 Å². The topological polar surface area (TPSA) is 12.5 Å². The number of anilines is 3. The van der Waals surface area contributed by atoms with E-state index < -0.39 is 5.41 Å². The minimum absolute atomic E-state index is 0.583. The molecule has 0 atom stereocenters. The van der Waals surface area contributed by atoms with Crippen LogP contribution >= 0.6 is 11.3 Å². The maximum absolute atomic E-state index is 7.32. The Morgan fingerprint density at radius 1 is 0.403 bits per heavy atom. The summed E-state index contributed by atoms with van der Waals surface area (Å²) < 4.78 is 9.84. The van der Waals surface area contributed by atoms with Crippen molar-refractivity contribution in [3.63, 3.8) is 0 Å². The van der Waals surface area contributed by atoms with Crippen LogP contribution in [-0.4, -0.2) is 0 Å². The molecule has 0 radical (unpaired) electrons. The lowest BCUT2D eigenvalue weighted by Crippen LogP contribution is -2.32. The Hall–Kier alpha value is -7.72. The molecule has 0 unspecified atom stereocenters. The van der Waals surface area contributed by atoms with Crippen LogP contribution in [0.2, 0.25) is 0 Å². The summed E-state index contributed by atoms with van der Waals surface area (Å²) in [6, 6.07) is 82.0. The fourth-order valence-electron chi connectivity index (χ4n) is 10.5. The van der Waals surface area contributed by atoms with Gasteiger partial charge in [0.1, 0.15) is 5.75 Å². The second kappa shape index (κ2) is 13.7. The van der Waals surface area contributed by atoms with Gasteiger partial charge in [0, 0.05) is 37.0 Å². The quantitative estimate of drug-likeness (QED) is 0.172. The molecule has 0 saturated carbocycles. The van der Waals surface area contributed by atoms with E-state index in [4.69, 9.17) is 4.74 Å². The summed E-state index contributed by atoms with van der Waals surface area (Å²) in [7, 11) is 0. The Labute approximate surface area is 364 Å². The number of ether oxygens (including phenoxy) is 1. The van der Waals surface area contributed by atoms with Crippen molar-refractivity contribution in [3.8, 4) is 44.9 Å². The van der Waals surface area contributed by atoms with Gasteiger partial charge >= 0.3 is 0 Å². The van der Waals surface area contributed by atoms with Gasteiger partial charge in [-0.15, -0.1) is 11.3 Å². The van der Waals surface area contributed by atoms with Crippen LogP contribution in [0.4, 0.5) is 17.1 Å². The van der Waals surface area contributed by atoms with Crippen molar-refractivity contribution in [2.24, 2.45) is 0 Å². The molecule has 0 amide bonds. The number of hydrogen-bond donors (Lipinski definition) is 0. The predicted octanol–water partition coefficient (Wildman–Crippen LogP) is 16.5. The first kappa shape index (κ1) is 35.1. The molecule has 11 aromatic rings. The first-order chi connectivity index (χ1) is 30.8. The summed E-state index contributed by atoms with van der Waals surface area (Å²) >= 11 is 1.87. The predicted molar refractivity (Wildman–Crippen MR) is 260 cm³/mol. The highest BCUT2D eigenvalue weighted by molar-refractivity contribution is 7.26. The molecule has 290 valence electrons. The zero-order valence-corrected chi connectivity index (χ0v) is 34.4. The molecule has 2 nitrogen and oxygen atoms in total. The van der Waals surface area contributed by atoms with Crippen molar-refractivity contribution in [3.05, 3.63) is 247 Å². The second-order valence-corrected chi connectivity index (χ2v) is 17.4. The molecule has 13 rings (SSSR count). The molecule has 1 aliphatic heterocycles. The van der Waals surface area contributed by atoms with Gasteiger partial charge in [-0.25, -0.2) is 0 Å². The SMILES string of the molecule is c1ccc(-c2ccc(N(c3cccc4c3Oc3ccccc3C43c4ccccc4-c4ccccc43)c3ccc(-c4ccc5ccccc5c4)c4sc5ccccc5c34)cc2)cc1. The lowest BCUT2D eigenvalue weighted by molar-refractivity contribution is 0.437. The zero-order valence-electron chi connectivity index (χ0n) is 33.6. The van der Waals surface area contributed by atoms with Gasteiger partial charge in [0.05, 0.1) is 16.8 Å². The van der Waals surface area contributed by atoms with E-state index in [1.54, 1.807) is 0 Å². The van der Waals surface area contributed by atoms with Gasteiger partial charge in [-0.05, 0) is 97.7 Å². The van der Waals surface area contributed by atoms with Gasteiger partial charge < -0.3 is 9.64 Å². The van der Waals surface area contributed by atoms with E-state index >= 15 is 0 Å². The maximum Gasteiger partial charge on any atom is 0.156 e. The van der Waals surface area contributed by atoms with Crippen molar-refractivity contribution < 1.29 is 4.74 Å². The summed E-state index contributed by atoms with van der Waals surface area (Å²) in [6.45, 7) is 0. The normalized spacial score (nSPS) is 13.1. The Balaban J connectivity index is 1.11. The van der Waals surface area contributed by atoms with Crippen LogP contribution in [0.15, 0.2) is 224 Å². The largest absolute Gasteiger partial charge is 0.454 e. The minimum Gasteiger partial charge on any atom is -0.454 e. The van der Waals surface area contributed by atoms with E-state index in [1.165, 1.54) is 75.5 Å². The maximum atomic E-state index is 7.32. The summed E-state index contributed by atoms with van der Waals surface area (Å²) in [5, 5.41) is 4.94. The second-order valence-electron chi connectivity index (χ2n) is 16.3. The molecular weight excluding hydrogens is 771 g/mol. The third kappa shape index (κ3) is 5.03.